The van der Waals surface area contributed by atoms with E-state index < -0.39 is 23.5 Å². The highest BCUT2D eigenvalue weighted by Crippen LogP contribution is 2.29. The van der Waals surface area contributed by atoms with Crippen LogP contribution in [0.4, 0.5) is 18.9 Å². The quantitative estimate of drug-likeness (QED) is 0.291. The number of amidine groups is 1. The predicted octanol–water partition coefficient (Wildman–Crippen LogP) is 1.81. The van der Waals surface area contributed by atoms with E-state index >= 15 is 0 Å². The molecule has 1 heterocycles. The smallest absolute Gasteiger partial charge is 0.398 e. The molecule has 7 nitrogen and oxygen atoms in total. The Morgan fingerprint density at radius 3 is 2.62 bits per heavy atom. The van der Waals surface area contributed by atoms with Gasteiger partial charge in [-0.25, -0.2) is 4.79 Å². The summed E-state index contributed by atoms with van der Waals surface area (Å²) >= 11 is 0. The van der Waals surface area contributed by atoms with Crippen LogP contribution in [0.3, 0.4) is 0 Å². The Hall–Kier alpha value is -3.04. The second-order valence-electron chi connectivity index (χ2n) is 4.91. The van der Waals surface area contributed by atoms with Crippen LogP contribution in [0.5, 0.6) is 0 Å². The number of anilines is 1. The number of alkyl halides is 3. The fourth-order valence-electron chi connectivity index (χ4n) is 1.95. The molecule has 128 valence electrons. The minimum atomic E-state index is -4.64. The number of hydrogen-bond donors (Lipinski definition) is 2. The zero-order valence-electron chi connectivity index (χ0n) is 12.8. The Kier molecular flexibility index (Phi) is 4.49. The number of hydrogen-bond acceptors (Lipinski definition) is 5. The monoisotopic (exact) mass is 341 g/mol. The number of carbonyl (C=O) groups excluding carboxylic acids is 1. The number of oxime groups is 1. The highest BCUT2D eigenvalue weighted by molar-refractivity contribution is 6.00. The maximum atomic E-state index is 12.7. The van der Waals surface area contributed by atoms with E-state index in [1.165, 1.54) is 0 Å². The highest BCUT2D eigenvalue weighted by Gasteiger charge is 2.36. The average molecular weight is 341 g/mol. The molecular formula is C14H14F3N5O2. The van der Waals surface area contributed by atoms with Crippen molar-refractivity contribution in [3.63, 3.8) is 0 Å². The van der Waals surface area contributed by atoms with E-state index in [0.29, 0.717) is 27.6 Å². The Bertz CT molecular complexity index is 811. The zero-order valence-corrected chi connectivity index (χ0v) is 12.8. The van der Waals surface area contributed by atoms with Gasteiger partial charge in [0.05, 0.1) is 0 Å². The Labute approximate surface area is 134 Å². The molecule has 0 saturated heterocycles. The first-order valence-electron chi connectivity index (χ1n) is 6.62. The number of carbonyl (C=O) groups is 1. The molecule has 0 bridgehead atoms. The van der Waals surface area contributed by atoms with Crippen LogP contribution in [0, 0.1) is 6.92 Å². The van der Waals surface area contributed by atoms with E-state index in [2.05, 4.69) is 15.1 Å². The molecule has 10 heteroatoms. The predicted molar refractivity (Wildman–Crippen MR) is 79.9 cm³/mol. The third-order valence-electron chi connectivity index (χ3n) is 3.26. The summed E-state index contributed by atoms with van der Waals surface area (Å²) in [6.45, 7) is 1.70. The average Bonchev–Trinajstić information content (AvgIpc) is 2.89. The minimum Gasteiger partial charge on any atom is -0.398 e. The van der Waals surface area contributed by atoms with Crippen LogP contribution in [-0.4, -0.2) is 21.6 Å². The molecule has 1 aromatic heterocycles. The lowest BCUT2D eigenvalue weighted by atomic mass is 10.1. The van der Waals surface area contributed by atoms with Crippen LogP contribution in [0.25, 0.3) is 0 Å². The molecule has 2 aromatic rings. The lowest BCUT2D eigenvalue weighted by molar-refractivity contribution is -0.143. The molecule has 0 unspecified atom stereocenters. The van der Waals surface area contributed by atoms with Crippen LogP contribution in [0.1, 0.15) is 27.3 Å². The van der Waals surface area contributed by atoms with E-state index in [1.807, 2.05) is 0 Å². The highest BCUT2D eigenvalue weighted by atomic mass is 19.4. The SMILES string of the molecule is Cc1c(N)cccc1/C(N)=N/OC(=O)c1cc(C(F)(F)F)n(C)n1. The molecular weight excluding hydrogens is 327 g/mol. The van der Waals surface area contributed by atoms with Gasteiger partial charge in [-0.1, -0.05) is 17.3 Å². The number of nitrogens with zero attached hydrogens (tertiary/aromatic N) is 3. The summed E-state index contributed by atoms with van der Waals surface area (Å²) in [4.78, 5) is 16.3. The van der Waals surface area contributed by atoms with Crippen LogP contribution >= 0.6 is 0 Å². The molecule has 1 aromatic carbocycles. The van der Waals surface area contributed by atoms with Gasteiger partial charge in [-0.05, 0) is 18.6 Å². The number of rotatable bonds is 3. The van der Waals surface area contributed by atoms with Gasteiger partial charge in [0.15, 0.2) is 11.5 Å². The summed E-state index contributed by atoms with van der Waals surface area (Å²) in [5.41, 5.74) is 11.4. The zero-order chi connectivity index (χ0) is 18.1. The van der Waals surface area contributed by atoms with Gasteiger partial charge in [-0.2, -0.15) is 18.3 Å². The van der Waals surface area contributed by atoms with Crippen molar-refractivity contribution in [1.82, 2.24) is 9.78 Å². The van der Waals surface area contributed by atoms with Crippen LogP contribution in [0.2, 0.25) is 0 Å². The lowest BCUT2D eigenvalue weighted by Gasteiger charge is -2.06. The largest absolute Gasteiger partial charge is 0.433 e. The number of aromatic nitrogens is 2. The van der Waals surface area contributed by atoms with Crippen molar-refractivity contribution in [1.29, 1.82) is 0 Å². The van der Waals surface area contributed by atoms with Crippen molar-refractivity contribution in [2.75, 3.05) is 5.73 Å². The third-order valence-corrected chi connectivity index (χ3v) is 3.26. The maximum absolute atomic E-state index is 12.7. The van der Waals surface area contributed by atoms with Crippen molar-refractivity contribution in [2.45, 2.75) is 13.1 Å². The lowest BCUT2D eigenvalue weighted by Crippen LogP contribution is -2.17. The molecule has 0 atom stereocenters. The van der Waals surface area contributed by atoms with Gasteiger partial charge < -0.3 is 16.3 Å². The summed E-state index contributed by atoms with van der Waals surface area (Å²) in [6, 6.07) is 5.47. The van der Waals surface area contributed by atoms with E-state index in [9.17, 15) is 18.0 Å². The van der Waals surface area contributed by atoms with Gasteiger partial charge >= 0.3 is 12.1 Å². The molecule has 0 aliphatic rings. The fourth-order valence-corrected chi connectivity index (χ4v) is 1.95. The molecule has 0 saturated carbocycles. The summed E-state index contributed by atoms with van der Waals surface area (Å²) < 4.78 is 38.5. The number of nitrogens with two attached hydrogens (primary N) is 2. The van der Waals surface area contributed by atoms with Crippen LogP contribution in [0.15, 0.2) is 29.4 Å². The molecule has 0 spiro atoms. The first-order chi connectivity index (χ1) is 11.1. The van der Waals surface area contributed by atoms with Gasteiger partial charge in [0.2, 0.25) is 0 Å². The van der Waals surface area contributed by atoms with Crippen LogP contribution < -0.4 is 11.5 Å². The van der Waals surface area contributed by atoms with Crippen molar-refractivity contribution < 1.29 is 22.8 Å². The second-order valence-corrected chi connectivity index (χ2v) is 4.91. The van der Waals surface area contributed by atoms with Gasteiger partial charge in [0.1, 0.15) is 5.69 Å². The number of halogens is 3. The number of benzene rings is 1. The van der Waals surface area contributed by atoms with Crippen LogP contribution in [-0.2, 0) is 18.1 Å². The third kappa shape index (κ3) is 3.47. The summed E-state index contributed by atoms with van der Waals surface area (Å²) in [5, 5.41) is 6.88. The summed E-state index contributed by atoms with van der Waals surface area (Å²) in [6.07, 6.45) is -4.64. The van der Waals surface area contributed by atoms with Crippen molar-refractivity contribution in [3.05, 3.63) is 46.8 Å². The fraction of sp³-hybridized carbons (Fsp3) is 0.214. The minimum absolute atomic E-state index is 0.139. The van der Waals surface area contributed by atoms with Gasteiger partial charge in [0.25, 0.3) is 0 Å². The topological polar surface area (TPSA) is 109 Å². The van der Waals surface area contributed by atoms with Crippen molar-refractivity contribution in [3.8, 4) is 0 Å². The van der Waals surface area contributed by atoms with Gasteiger partial charge in [-0.3, -0.25) is 4.68 Å². The summed E-state index contributed by atoms with van der Waals surface area (Å²) in [7, 11) is 1.06. The molecule has 0 fully saturated rings. The molecule has 0 radical (unpaired) electrons. The maximum Gasteiger partial charge on any atom is 0.433 e. The van der Waals surface area contributed by atoms with Gasteiger partial charge in [-0.15, -0.1) is 0 Å². The number of aryl methyl sites for hydroxylation is 1. The second kappa shape index (κ2) is 6.22. The molecule has 0 aliphatic carbocycles. The molecule has 2 rings (SSSR count). The van der Waals surface area contributed by atoms with Crippen molar-refractivity contribution in [2.24, 2.45) is 17.9 Å². The van der Waals surface area contributed by atoms with E-state index in [0.717, 1.165) is 7.05 Å². The molecule has 24 heavy (non-hydrogen) atoms. The molecule has 0 amide bonds. The standard InChI is InChI=1S/C14H14F3N5O2/c1-7-8(4-3-5-9(7)18)12(19)21-24-13(23)10-6-11(14(15,16)17)22(2)20-10/h3-6H,18H2,1-2H3,(H2,19,21). The van der Waals surface area contributed by atoms with E-state index in [1.54, 1.807) is 25.1 Å². The Morgan fingerprint density at radius 1 is 1.38 bits per heavy atom. The van der Waals surface area contributed by atoms with Gasteiger partial charge in [0, 0.05) is 24.4 Å². The summed E-state index contributed by atoms with van der Waals surface area (Å²) in [5.74, 6) is -1.30. The Balaban J connectivity index is 2.20. The first-order valence-corrected chi connectivity index (χ1v) is 6.62. The van der Waals surface area contributed by atoms with Crippen molar-refractivity contribution >= 4 is 17.5 Å². The first kappa shape index (κ1) is 17.3. The van der Waals surface area contributed by atoms with E-state index in [4.69, 9.17) is 11.5 Å². The number of nitrogen functional groups attached to an aromatic ring is 1. The Morgan fingerprint density at radius 2 is 2.04 bits per heavy atom. The molecule has 0 aliphatic heterocycles. The molecule has 4 N–H and O–H groups in total. The normalized spacial score (nSPS) is 12.3. The van der Waals surface area contributed by atoms with E-state index in [-0.39, 0.29) is 5.84 Å².